The van der Waals surface area contributed by atoms with Crippen molar-refractivity contribution >= 4 is 5.78 Å². The molecular formula is C17H23NO2. The molecule has 0 spiro atoms. The Hall–Kier alpha value is -1.61. The average Bonchev–Trinajstić information content (AvgIpc) is 2.92. The molecule has 1 heterocycles. The van der Waals surface area contributed by atoms with Gasteiger partial charge in [0, 0.05) is 12.1 Å². The highest BCUT2D eigenvalue weighted by Gasteiger charge is 2.10. The van der Waals surface area contributed by atoms with Crippen molar-refractivity contribution < 1.29 is 9.53 Å². The maximum absolute atomic E-state index is 11.8. The van der Waals surface area contributed by atoms with Gasteiger partial charge >= 0.3 is 0 Å². The number of rotatable bonds is 6. The monoisotopic (exact) mass is 273 g/mol. The van der Waals surface area contributed by atoms with Crippen LogP contribution < -0.4 is 4.74 Å². The molecule has 0 aliphatic carbocycles. The molecule has 0 N–H and O–H groups in total. The van der Waals surface area contributed by atoms with E-state index < -0.39 is 0 Å². The molecule has 0 unspecified atom stereocenters. The summed E-state index contributed by atoms with van der Waals surface area (Å²) in [5.41, 5.74) is 1.72. The van der Waals surface area contributed by atoms with E-state index in [1.807, 2.05) is 38.1 Å². The Kier molecular flexibility index (Phi) is 5.36. The number of hydrogen-bond acceptors (Lipinski definition) is 3. The fourth-order valence-electron chi connectivity index (χ4n) is 2.36. The molecule has 1 saturated heterocycles. The third-order valence-electron chi connectivity index (χ3n) is 3.43. The van der Waals surface area contributed by atoms with Crippen LogP contribution in [0.2, 0.25) is 0 Å². The van der Waals surface area contributed by atoms with Crippen LogP contribution in [0.3, 0.4) is 0 Å². The number of benzene rings is 1. The molecule has 0 amide bonds. The summed E-state index contributed by atoms with van der Waals surface area (Å²) in [4.78, 5) is 14.3. The molecule has 0 radical (unpaired) electrons. The van der Waals surface area contributed by atoms with Gasteiger partial charge in [-0.3, -0.25) is 9.69 Å². The molecule has 2 rings (SSSR count). The third kappa shape index (κ3) is 4.49. The molecule has 108 valence electrons. The van der Waals surface area contributed by atoms with E-state index >= 15 is 0 Å². The van der Waals surface area contributed by atoms with Crippen LogP contribution in [0.4, 0.5) is 0 Å². The molecule has 0 bridgehead atoms. The minimum absolute atomic E-state index is 0.0496. The van der Waals surface area contributed by atoms with Crippen molar-refractivity contribution in [1.29, 1.82) is 0 Å². The van der Waals surface area contributed by atoms with Crippen molar-refractivity contribution in [2.75, 3.05) is 26.2 Å². The highest BCUT2D eigenvalue weighted by Crippen LogP contribution is 2.14. The van der Waals surface area contributed by atoms with Gasteiger partial charge in [-0.05, 0) is 70.1 Å². The Balaban J connectivity index is 1.81. The number of ketones is 1. The van der Waals surface area contributed by atoms with Gasteiger partial charge in [-0.2, -0.15) is 0 Å². The third-order valence-corrected chi connectivity index (χ3v) is 3.43. The first-order valence-corrected chi connectivity index (χ1v) is 7.29. The number of carbonyl (C=O) groups is 1. The topological polar surface area (TPSA) is 29.5 Å². The predicted molar refractivity (Wildman–Crippen MR) is 81.4 cm³/mol. The first-order valence-electron chi connectivity index (χ1n) is 7.29. The first kappa shape index (κ1) is 14.8. The van der Waals surface area contributed by atoms with Crippen molar-refractivity contribution in [1.82, 2.24) is 4.90 Å². The fraction of sp³-hybridized carbons (Fsp3) is 0.471. The van der Waals surface area contributed by atoms with E-state index in [0.29, 0.717) is 12.2 Å². The van der Waals surface area contributed by atoms with E-state index in [-0.39, 0.29) is 5.78 Å². The van der Waals surface area contributed by atoms with Crippen LogP contribution in [0.25, 0.3) is 0 Å². The van der Waals surface area contributed by atoms with Crippen molar-refractivity contribution in [2.24, 2.45) is 0 Å². The van der Waals surface area contributed by atoms with Gasteiger partial charge in [0.15, 0.2) is 5.78 Å². The lowest BCUT2D eigenvalue weighted by molar-refractivity contribution is 0.104. The zero-order chi connectivity index (χ0) is 14.4. The molecule has 1 aliphatic heterocycles. The molecule has 3 heteroatoms. The van der Waals surface area contributed by atoms with E-state index in [1.54, 1.807) is 6.08 Å². The van der Waals surface area contributed by atoms with Gasteiger partial charge in [0.1, 0.15) is 12.4 Å². The van der Waals surface area contributed by atoms with Gasteiger partial charge in [0.05, 0.1) is 0 Å². The largest absolute Gasteiger partial charge is 0.492 e. The number of hydrogen-bond donors (Lipinski definition) is 0. The van der Waals surface area contributed by atoms with Gasteiger partial charge in [-0.25, -0.2) is 0 Å². The van der Waals surface area contributed by atoms with E-state index in [4.69, 9.17) is 4.74 Å². The minimum Gasteiger partial charge on any atom is -0.492 e. The van der Waals surface area contributed by atoms with Crippen LogP contribution in [-0.4, -0.2) is 36.9 Å². The first-order chi connectivity index (χ1) is 9.65. The summed E-state index contributed by atoms with van der Waals surface area (Å²) < 4.78 is 5.72. The predicted octanol–water partition coefficient (Wildman–Crippen LogP) is 3.31. The Labute approximate surface area is 121 Å². The molecule has 1 aliphatic rings. The Morgan fingerprint density at radius 2 is 1.85 bits per heavy atom. The van der Waals surface area contributed by atoms with E-state index in [9.17, 15) is 4.79 Å². The standard InChI is InChI=1S/C17H23NO2/c1-14(2)13-17(19)15-5-7-16(8-6-15)20-12-11-18-9-3-4-10-18/h5-8,13H,3-4,9-12H2,1-2H3. The summed E-state index contributed by atoms with van der Waals surface area (Å²) in [6.45, 7) is 7.93. The van der Waals surface area contributed by atoms with Crippen molar-refractivity contribution in [2.45, 2.75) is 26.7 Å². The molecule has 3 nitrogen and oxygen atoms in total. The summed E-state index contributed by atoms with van der Waals surface area (Å²) in [5, 5.41) is 0. The number of nitrogens with zero attached hydrogens (tertiary/aromatic N) is 1. The van der Waals surface area contributed by atoms with Crippen LogP contribution >= 0.6 is 0 Å². The van der Waals surface area contributed by atoms with Gasteiger partial charge < -0.3 is 4.74 Å². The van der Waals surface area contributed by atoms with Gasteiger partial charge in [0.2, 0.25) is 0 Å². The number of ether oxygens (including phenoxy) is 1. The van der Waals surface area contributed by atoms with Crippen molar-refractivity contribution in [3.8, 4) is 5.75 Å². The van der Waals surface area contributed by atoms with E-state index in [2.05, 4.69) is 4.90 Å². The van der Waals surface area contributed by atoms with Crippen LogP contribution in [0.5, 0.6) is 5.75 Å². The molecule has 0 saturated carbocycles. The SMILES string of the molecule is CC(C)=CC(=O)c1ccc(OCCN2CCCC2)cc1. The summed E-state index contributed by atoms with van der Waals surface area (Å²) in [7, 11) is 0. The molecule has 0 aromatic heterocycles. The lowest BCUT2D eigenvalue weighted by Gasteiger charge is -2.14. The van der Waals surface area contributed by atoms with Gasteiger partial charge in [-0.15, -0.1) is 0 Å². The van der Waals surface area contributed by atoms with Crippen molar-refractivity contribution in [3.05, 3.63) is 41.5 Å². The zero-order valence-corrected chi connectivity index (χ0v) is 12.4. The lowest BCUT2D eigenvalue weighted by atomic mass is 10.1. The second-order valence-corrected chi connectivity index (χ2v) is 5.51. The summed E-state index contributed by atoms with van der Waals surface area (Å²) in [6, 6.07) is 7.39. The van der Waals surface area contributed by atoms with Crippen LogP contribution in [0.15, 0.2) is 35.9 Å². The Morgan fingerprint density at radius 1 is 1.20 bits per heavy atom. The molecule has 1 aromatic rings. The fourth-order valence-corrected chi connectivity index (χ4v) is 2.36. The van der Waals surface area contributed by atoms with Crippen LogP contribution in [0.1, 0.15) is 37.0 Å². The summed E-state index contributed by atoms with van der Waals surface area (Å²) in [6.07, 6.45) is 4.27. The smallest absolute Gasteiger partial charge is 0.185 e. The van der Waals surface area contributed by atoms with Crippen LogP contribution in [0, 0.1) is 0 Å². The van der Waals surface area contributed by atoms with Gasteiger partial charge in [0.25, 0.3) is 0 Å². The summed E-state index contributed by atoms with van der Waals surface area (Å²) in [5.74, 6) is 0.881. The normalized spacial score (nSPS) is 15.1. The van der Waals surface area contributed by atoms with Gasteiger partial charge in [-0.1, -0.05) is 5.57 Å². The maximum atomic E-state index is 11.8. The van der Waals surface area contributed by atoms with E-state index in [1.165, 1.54) is 25.9 Å². The molecule has 1 aromatic carbocycles. The average molecular weight is 273 g/mol. The lowest BCUT2D eigenvalue weighted by Crippen LogP contribution is -2.25. The van der Waals surface area contributed by atoms with Crippen LogP contribution in [-0.2, 0) is 0 Å². The summed E-state index contributed by atoms with van der Waals surface area (Å²) >= 11 is 0. The molecular weight excluding hydrogens is 250 g/mol. The second kappa shape index (κ2) is 7.25. The van der Waals surface area contributed by atoms with Crippen molar-refractivity contribution in [3.63, 3.8) is 0 Å². The zero-order valence-electron chi connectivity index (χ0n) is 12.4. The second-order valence-electron chi connectivity index (χ2n) is 5.51. The Bertz CT molecular complexity index is 466. The molecule has 20 heavy (non-hydrogen) atoms. The molecule has 0 atom stereocenters. The highest BCUT2D eigenvalue weighted by atomic mass is 16.5. The minimum atomic E-state index is 0.0496. The van der Waals surface area contributed by atoms with E-state index in [0.717, 1.165) is 17.9 Å². The quantitative estimate of drug-likeness (QED) is 0.588. The highest BCUT2D eigenvalue weighted by molar-refractivity contribution is 6.04. The number of allylic oxidation sites excluding steroid dienone is 2. The molecule has 1 fully saturated rings. The Morgan fingerprint density at radius 3 is 2.45 bits per heavy atom. The maximum Gasteiger partial charge on any atom is 0.185 e. The number of likely N-dealkylation sites (tertiary alicyclic amines) is 1. The number of carbonyl (C=O) groups excluding carboxylic acids is 1.